The van der Waals surface area contributed by atoms with Crippen molar-refractivity contribution in [3.8, 4) is 0 Å². The molecule has 1 aromatic rings. The minimum absolute atomic E-state index is 0.227. The summed E-state index contributed by atoms with van der Waals surface area (Å²) in [5.41, 5.74) is 3.31. The minimum Gasteiger partial charge on any atom is -0.451 e. The average molecular weight is 417 g/mol. The van der Waals surface area contributed by atoms with Crippen LogP contribution in [0.4, 0.5) is 10.5 Å². The summed E-state index contributed by atoms with van der Waals surface area (Å²) in [6.45, 7) is 10.5. The zero-order valence-electron chi connectivity index (χ0n) is 18.9. The Morgan fingerprint density at radius 2 is 1.83 bits per heavy atom. The Morgan fingerprint density at radius 3 is 2.37 bits per heavy atom. The molecule has 0 aliphatic heterocycles. The fourth-order valence-electron chi connectivity index (χ4n) is 2.87. The van der Waals surface area contributed by atoms with E-state index in [1.807, 2.05) is 32.0 Å². The lowest BCUT2D eigenvalue weighted by Crippen LogP contribution is -2.31. The third-order valence-electron chi connectivity index (χ3n) is 4.55. The topological polar surface area (TPSA) is 85.1 Å². The number of methoxy groups -OCH3 is 1. The number of anilines is 1. The molecule has 1 saturated carbocycles. The number of rotatable bonds is 8. The molecule has 8 nitrogen and oxygen atoms in total. The van der Waals surface area contributed by atoms with Gasteiger partial charge in [-0.1, -0.05) is 44.1 Å². The van der Waals surface area contributed by atoms with Crippen molar-refractivity contribution >= 4 is 28.9 Å². The van der Waals surface area contributed by atoms with E-state index in [1.165, 1.54) is 14.2 Å². The minimum atomic E-state index is -0.626. The highest BCUT2D eigenvalue weighted by Crippen LogP contribution is 2.35. The second kappa shape index (κ2) is 10.3. The summed E-state index contributed by atoms with van der Waals surface area (Å²) in [5, 5.41) is 14.5. The van der Waals surface area contributed by atoms with Crippen LogP contribution in [0.25, 0.3) is 0 Å². The normalized spacial score (nSPS) is 15.8. The van der Waals surface area contributed by atoms with Crippen LogP contribution in [0.3, 0.4) is 0 Å². The van der Waals surface area contributed by atoms with Crippen molar-refractivity contribution < 1.29 is 19.2 Å². The van der Waals surface area contributed by atoms with Gasteiger partial charge in [0.05, 0.1) is 31.3 Å². The van der Waals surface area contributed by atoms with Gasteiger partial charge >= 0.3 is 6.09 Å². The van der Waals surface area contributed by atoms with E-state index in [-0.39, 0.29) is 5.41 Å². The van der Waals surface area contributed by atoms with Gasteiger partial charge in [0.15, 0.2) is 0 Å². The molecule has 1 amide bonds. The van der Waals surface area contributed by atoms with E-state index in [1.54, 1.807) is 6.07 Å². The molecule has 0 N–H and O–H groups in total. The Bertz CT molecular complexity index is 836. The third kappa shape index (κ3) is 5.89. The predicted octanol–water partition coefficient (Wildman–Crippen LogP) is 4.83. The molecule has 1 aliphatic carbocycles. The molecule has 0 spiro atoms. The van der Waals surface area contributed by atoms with Crippen LogP contribution < -0.4 is 5.06 Å². The number of hydrogen-bond acceptors (Lipinski definition) is 7. The standard InChI is InChI=1S/C22H32N4O4/c1-8-30-25-20(22(3,4)5)19(16-13-14-16)24-23-15(2)17-11-9-10-12-18(17)26(29-7)21(27)28-6/h9-12,16H,8,13-14H2,1-7H3/b23-15+,24-19+,25-20-. The number of para-hydroxylation sites is 1. The number of benzene rings is 1. The first-order valence-electron chi connectivity index (χ1n) is 10.1. The molecule has 164 valence electrons. The van der Waals surface area contributed by atoms with Crippen molar-refractivity contribution in [3.63, 3.8) is 0 Å². The zero-order valence-corrected chi connectivity index (χ0v) is 18.9. The van der Waals surface area contributed by atoms with Crippen LogP contribution in [0.2, 0.25) is 0 Å². The van der Waals surface area contributed by atoms with Crippen molar-refractivity contribution in [2.45, 2.75) is 47.5 Å². The number of nitrogens with zero attached hydrogens (tertiary/aromatic N) is 4. The molecule has 1 aliphatic rings. The van der Waals surface area contributed by atoms with Crippen molar-refractivity contribution in [1.82, 2.24) is 0 Å². The van der Waals surface area contributed by atoms with Crippen molar-refractivity contribution in [3.05, 3.63) is 29.8 Å². The van der Waals surface area contributed by atoms with E-state index in [0.717, 1.165) is 29.3 Å². The second-order valence-corrected chi connectivity index (χ2v) is 8.02. The van der Waals surface area contributed by atoms with Gasteiger partial charge in [-0.15, -0.1) is 0 Å². The Balaban J connectivity index is 2.47. The number of oxime groups is 1. The molecule has 0 aromatic heterocycles. The zero-order chi connectivity index (χ0) is 22.3. The fraction of sp³-hybridized carbons (Fsp3) is 0.545. The summed E-state index contributed by atoms with van der Waals surface area (Å²) in [7, 11) is 2.71. The van der Waals surface area contributed by atoms with Gasteiger partial charge in [0, 0.05) is 16.9 Å². The summed E-state index contributed by atoms with van der Waals surface area (Å²) in [6, 6.07) is 7.30. The highest BCUT2D eigenvalue weighted by Gasteiger charge is 2.36. The Hall–Kier alpha value is -2.74. The quantitative estimate of drug-likeness (QED) is 0.448. The van der Waals surface area contributed by atoms with E-state index in [2.05, 4.69) is 36.1 Å². The van der Waals surface area contributed by atoms with Crippen LogP contribution in [0.1, 0.15) is 53.0 Å². The van der Waals surface area contributed by atoms with Crippen LogP contribution in [-0.4, -0.2) is 44.1 Å². The third-order valence-corrected chi connectivity index (χ3v) is 4.55. The van der Waals surface area contributed by atoms with Gasteiger partial charge in [-0.2, -0.15) is 15.3 Å². The highest BCUT2D eigenvalue weighted by molar-refractivity contribution is 6.45. The summed E-state index contributed by atoms with van der Waals surface area (Å²) in [4.78, 5) is 22.6. The van der Waals surface area contributed by atoms with Crippen LogP contribution in [0.5, 0.6) is 0 Å². The lowest BCUT2D eigenvalue weighted by Gasteiger charge is -2.22. The Morgan fingerprint density at radius 1 is 1.17 bits per heavy atom. The van der Waals surface area contributed by atoms with Crippen molar-refractivity contribution in [1.29, 1.82) is 0 Å². The monoisotopic (exact) mass is 416 g/mol. The summed E-state index contributed by atoms with van der Waals surface area (Å²) in [6.07, 6.45) is 1.49. The smallest absolute Gasteiger partial charge is 0.438 e. The maximum Gasteiger partial charge on any atom is 0.438 e. The molecule has 0 saturated heterocycles. The number of carbonyl (C=O) groups is 1. The molecule has 30 heavy (non-hydrogen) atoms. The molecule has 1 fully saturated rings. The van der Waals surface area contributed by atoms with Gasteiger partial charge in [0.1, 0.15) is 12.3 Å². The van der Waals surface area contributed by atoms with Gasteiger partial charge < -0.3 is 9.57 Å². The van der Waals surface area contributed by atoms with E-state index in [4.69, 9.17) is 14.4 Å². The van der Waals surface area contributed by atoms with Gasteiger partial charge in [-0.05, 0) is 32.8 Å². The maximum absolute atomic E-state index is 12.1. The molecule has 0 heterocycles. The molecule has 0 atom stereocenters. The second-order valence-electron chi connectivity index (χ2n) is 8.02. The number of hydrogen-bond donors (Lipinski definition) is 0. The fourth-order valence-corrected chi connectivity index (χ4v) is 2.87. The number of hydroxylamine groups is 1. The van der Waals surface area contributed by atoms with E-state index in [9.17, 15) is 4.79 Å². The molecular formula is C22H32N4O4. The van der Waals surface area contributed by atoms with Crippen LogP contribution in [0, 0.1) is 11.3 Å². The molecule has 0 radical (unpaired) electrons. The summed E-state index contributed by atoms with van der Waals surface area (Å²) in [5.74, 6) is 0.334. The molecular weight excluding hydrogens is 384 g/mol. The van der Waals surface area contributed by atoms with Gasteiger partial charge in [0.2, 0.25) is 0 Å². The van der Waals surface area contributed by atoms with Gasteiger partial charge in [-0.25, -0.2) is 4.79 Å². The first-order valence-corrected chi connectivity index (χ1v) is 10.1. The Kier molecular flexibility index (Phi) is 8.11. The largest absolute Gasteiger partial charge is 0.451 e. The Labute approximate surface area is 178 Å². The van der Waals surface area contributed by atoms with Crippen LogP contribution in [0.15, 0.2) is 39.6 Å². The van der Waals surface area contributed by atoms with E-state index >= 15 is 0 Å². The summed E-state index contributed by atoms with van der Waals surface area (Å²) < 4.78 is 4.80. The van der Waals surface area contributed by atoms with Crippen LogP contribution in [-0.2, 0) is 14.4 Å². The van der Waals surface area contributed by atoms with Crippen molar-refractivity contribution in [2.24, 2.45) is 26.7 Å². The summed E-state index contributed by atoms with van der Waals surface area (Å²) >= 11 is 0. The number of carbonyl (C=O) groups excluding carboxylic acids is 1. The van der Waals surface area contributed by atoms with E-state index < -0.39 is 6.09 Å². The first kappa shape index (κ1) is 23.5. The highest BCUT2D eigenvalue weighted by atomic mass is 16.7. The predicted molar refractivity (Wildman–Crippen MR) is 119 cm³/mol. The molecule has 0 unspecified atom stereocenters. The number of ether oxygens (including phenoxy) is 1. The lowest BCUT2D eigenvalue weighted by atomic mass is 9.85. The van der Waals surface area contributed by atoms with Gasteiger partial charge in [-0.3, -0.25) is 4.84 Å². The lowest BCUT2D eigenvalue weighted by molar-refractivity contribution is 0.115. The molecule has 2 rings (SSSR count). The molecule has 0 bridgehead atoms. The maximum atomic E-state index is 12.1. The van der Waals surface area contributed by atoms with Gasteiger partial charge in [0.25, 0.3) is 0 Å². The average Bonchev–Trinajstić information content (AvgIpc) is 3.55. The van der Waals surface area contributed by atoms with E-state index in [0.29, 0.717) is 29.5 Å². The first-order chi connectivity index (χ1) is 14.2. The molecule has 8 heteroatoms. The van der Waals surface area contributed by atoms with Crippen molar-refractivity contribution in [2.75, 3.05) is 25.9 Å². The molecule has 1 aromatic carbocycles. The number of amides is 1. The van der Waals surface area contributed by atoms with Crippen LogP contribution >= 0.6 is 0 Å². The SMILES string of the molecule is CCO/N=C(/C(=N/N=C(\C)c1ccccc1N(OC)C(=O)OC)C1CC1)C(C)(C)C.